The van der Waals surface area contributed by atoms with Gasteiger partial charge < -0.3 is 15.7 Å². The van der Waals surface area contributed by atoms with Crippen LogP contribution in [0.25, 0.3) is 0 Å². The number of aliphatic hydroxyl groups is 1. The molecule has 0 spiro atoms. The minimum absolute atomic E-state index is 0.240. The molecule has 2 amide bonds. The van der Waals surface area contributed by atoms with Gasteiger partial charge in [0.2, 0.25) is 0 Å². The molecule has 0 radical (unpaired) electrons. The predicted molar refractivity (Wildman–Crippen MR) is 86.0 cm³/mol. The van der Waals surface area contributed by atoms with Crippen molar-refractivity contribution in [2.24, 2.45) is 0 Å². The van der Waals surface area contributed by atoms with Gasteiger partial charge in [-0.2, -0.15) is 5.10 Å². The largest absolute Gasteiger partial charge is 0.387 e. The van der Waals surface area contributed by atoms with Crippen LogP contribution in [-0.4, -0.2) is 46.2 Å². The van der Waals surface area contributed by atoms with Crippen LogP contribution >= 0.6 is 0 Å². The zero-order valence-corrected chi connectivity index (χ0v) is 13.6. The third-order valence-corrected chi connectivity index (χ3v) is 4.30. The summed E-state index contributed by atoms with van der Waals surface area (Å²) in [7, 11) is 0. The van der Waals surface area contributed by atoms with E-state index in [1.165, 1.54) is 0 Å². The molecule has 0 aromatic carbocycles. The van der Waals surface area contributed by atoms with Crippen LogP contribution in [0.1, 0.15) is 44.7 Å². The first-order chi connectivity index (χ1) is 10.5. The summed E-state index contributed by atoms with van der Waals surface area (Å²) in [5.74, 6) is 0.725. The number of nitrogens with zero attached hydrogens (tertiary/aromatic N) is 2. The number of urea groups is 1. The van der Waals surface area contributed by atoms with E-state index in [1.807, 2.05) is 11.6 Å². The molecule has 1 unspecified atom stereocenters. The van der Waals surface area contributed by atoms with E-state index in [9.17, 15) is 9.90 Å². The molecule has 0 saturated carbocycles. The van der Waals surface area contributed by atoms with Gasteiger partial charge in [-0.1, -0.05) is 13.8 Å². The van der Waals surface area contributed by atoms with Crippen LogP contribution in [0.5, 0.6) is 0 Å². The Morgan fingerprint density at radius 1 is 1.55 bits per heavy atom. The average Bonchev–Trinajstić information content (AvgIpc) is 3.08. The van der Waals surface area contributed by atoms with Gasteiger partial charge in [0.1, 0.15) is 5.82 Å². The first kappa shape index (κ1) is 16.8. The van der Waals surface area contributed by atoms with Gasteiger partial charge >= 0.3 is 6.03 Å². The fourth-order valence-electron chi connectivity index (χ4n) is 2.79. The molecule has 7 nitrogen and oxygen atoms in total. The molecule has 0 bridgehead atoms. The van der Waals surface area contributed by atoms with Gasteiger partial charge in [-0.15, -0.1) is 0 Å². The molecule has 1 saturated heterocycles. The van der Waals surface area contributed by atoms with Crippen molar-refractivity contribution < 1.29 is 9.90 Å². The molecule has 22 heavy (non-hydrogen) atoms. The molecule has 2 heterocycles. The van der Waals surface area contributed by atoms with E-state index in [0.717, 1.165) is 30.8 Å². The fourth-order valence-corrected chi connectivity index (χ4v) is 2.79. The minimum atomic E-state index is -0.845. The molecule has 1 atom stereocenters. The Bertz CT molecular complexity index is 504. The van der Waals surface area contributed by atoms with Crippen molar-refractivity contribution in [1.29, 1.82) is 0 Å². The number of rotatable bonds is 6. The van der Waals surface area contributed by atoms with Gasteiger partial charge in [0.05, 0.1) is 17.8 Å². The van der Waals surface area contributed by atoms with E-state index in [4.69, 9.17) is 0 Å². The predicted octanol–water partition coefficient (Wildman–Crippen LogP) is 1.40. The topological polar surface area (TPSA) is 91.2 Å². The zero-order chi connectivity index (χ0) is 16.2. The van der Waals surface area contributed by atoms with E-state index in [-0.39, 0.29) is 18.6 Å². The normalized spacial score (nSPS) is 21.3. The lowest BCUT2D eigenvalue weighted by Gasteiger charge is -2.22. The molecular formula is C15H27N5O2. The van der Waals surface area contributed by atoms with E-state index in [1.54, 1.807) is 6.20 Å². The lowest BCUT2D eigenvalue weighted by atomic mass is 10.0. The SMILES string of the molecule is CCC(CC)n1ncc(C)c1NC(=O)NCC1(O)CCNC1. The third-order valence-electron chi connectivity index (χ3n) is 4.30. The first-order valence-corrected chi connectivity index (χ1v) is 8.01. The summed E-state index contributed by atoms with van der Waals surface area (Å²) in [5.41, 5.74) is 0.0884. The Morgan fingerprint density at radius 2 is 2.27 bits per heavy atom. The smallest absolute Gasteiger partial charge is 0.320 e. The highest BCUT2D eigenvalue weighted by Crippen LogP contribution is 2.23. The van der Waals surface area contributed by atoms with E-state index in [0.29, 0.717) is 13.0 Å². The summed E-state index contributed by atoms with van der Waals surface area (Å²) in [6.45, 7) is 7.67. The first-order valence-electron chi connectivity index (χ1n) is 8.01. The van der Waals surface area contributed by atoms with E-state index in [2.05, 4.69) is 34.9 Å². The standard InChI is InChI=1S/C15H27N5O2/c1-4-12(5-2)20-13(11(3)8-18-20)19-14(21)17-10-15(22)6-7-16-9-15/h8,12,16,22H,4-7,9-10H2,1-3H3,(H2,17,19,21). The summed E-state index contributed by atoms with van der Waals surface area (Å²) in [4.78, 5) is 12.1. The van der Waals surface area contributed by atoms with E-state index >= 15 is 0 Å². The Labute approximate surface area is 131 Å². The highest BCUT2D eigenvalue weighted by Gasteiger charge is 2.31. The Hall–Kier alpha value is -1.60. The highest BCUT2D eigenvalue weighted by atomic mass is 16.3. The van der Waals surface area contributed by atoms with Crippen LogP contribution in [0.4, 0.5) is 10.6 Å². The van der Waals surface area contributed by atoms with Gasteiger partial charge in [0.15, 0.2) is 0 Å². The molecule has 1 aromatic rings. The van der Waals surface area contributed by atoms with Crippen LogP contribution < -0.4 is 16.0 Å². The average molecular weight is 309 g/mol. The Morgan fingerprint density at radius 3 is 2.86 bits per heavy atom. The quantitative estimate of drug-likeness (QED) is 0.639. The maximum atomic E-state index is 12.1. The number of β-amino-alcohol motifs (C(OH)–C–C–N with tert-alkyl or cyclic N) is 1. The van der Waals surface area contributed by atoms with Crippen LogP contribution in [0.15, 0.2) is 6.20 Å². The Balaban J connectivity index is 1.97. The third kappa shape index (κ3) is 3.78. The van der Waals surface area contributed by atoms with Crippen molar-refractivity contribution in [1.82, 2.24) is 20.4 Å². The molecule has 1 fully saturated rings. The van der Waals surface area contributed by atoms with Gasteiger partial charge in [0.25, 0.3) is 0 Å². The van der Waals surface area contributed by atoms with Gasteiger partial charge in [-0.25, -0.2) is 9.48 Å². The van der Waals surface area contributed by atoms with Crippen molar-refractivity contribution >= 4 is 11.8 Å². The summed E-state index contributed by atoms with van der Waals surface area (Å²) >= 11 is 0. The molecule has 1 aromatic heterocycles. The van der Waals surface area contributed by atoms with Crippen molar-refractivity contribution in [2.45, 2.75) is 51.7 Å². The molecule has 1 aliphatic rings. The maximum Gasteiger partial charge on any atom is 0.320 e. The molecule has 4 N–H and O–H groups in total. The number of aryl methyl sites for hydroxylation is 1. The molecule has 7 heteroatoms. The lowest BCUT2D eigenvalue weighted by molar-refractivity contribution is 0.0640. The summed E-state index contributed by atoms with van der Waals surface area (Å²) in [6.07, 6.45) is 4.33. The molecular weight excluding hydrogens is 282 g/mol. The number of aromatic nitrogens is 2. The number of hydrogen-bond donors (Lipinski definition) is 4. The lowest BCUT2D eigenvalue weighted by Crippen LogP contribution is -2.45. The van der Waals surface area contributed by atoms with Crippen LogP contribution in [0.3, 0.4) is 0 Å². The highest BCUT2D eigenvalue weighted by molar-refractivity contribution is 5.89. The number of amides is 2. The summed E-state index contributed by atoms with van der Waals surface area (Å²) < 4.78 is 1.88. The minimum Gasteiger partial charge on any atom is -0.387 e. The van der Waals surface area contributed by atoms with Crippen molar-refractivity contribution in [2.75, 3.05) is 25.0 Å². The number of carbonyl (C=O) groups excluding carboxylic acids is 1. The van der Waals surface area contributed by atoms with Gasteiger partial charge in [-0.3, -0.25) is 5.32 Å². The monoisotopic (exact) mass is 309 g/mol. The Kier molecular flexibility index (Phi) is 5.42. The number of anilines is 1. The second kappa shape index (κ2) is 7.11. The number of nitrogens with one attached hydrogen (secondary N) is 3. The fraction of sp³-hybridized carbons (Fsp3) is 0.733. The molecule has 0 aliphatic carbocycles. The van der Waals surface area contributed by atoms with Crippen LogP contribution in [0.2, 0.25) is 0 Å². The van der Waals surface area contributed by atoms with Gasteiger partial charge in [-0.05, 0) is 32.7 Å². The summed E-state index contributed by atoms with van der Waals surface area (Å²) in [6, 6.07) is -0.0386. The van der Waals surface area contributed by atoms with Crippen molar-refractivity contribution in [3.63, 3.8) is 0 Å². The van der Waals surface area contributed by atoms with E-state index < -0.39 is 5.60 Å². The van der Waals surface area contributed by atoms with Crippen molar-refractivity contribution in [3.05, 3.63) is 11.8 Å². The number of carbonyl (C=O) groups is 1. The zero-order valence-electron chi connectivity index (χ0n) is 13.6. The van der Waals surface area contributed by atoms with Crippen LogP contribution in [0, 0.1) is 6.92 Å². The molecule has 1 aliphatic heterocycles. The second-order valence-corrected chi connectivity index (χ2v) is 6.05. The molecule has 124 valence electrons. The van der Waals surface area contributed by atoms with Crippen LogP contribution in [-0.2, 0) is 0 Å². The van der Waals surface area contributed by atoms with Gasteiger partial charge in [0, 0.05) is 18.7 Å². The van der Waals surface area contributed by atoms with Crippen molar-refractivity contribution in [3.8, 4) is 0 Å². The number of hydrogen-bond acceptors (Lipinski definition) is 4. The molecule has 2 rings (SSSR count). The maximum absolute atomic E-state index is 12.1. The second-order valence-electron chi connectivity index (χ2n) is 6.05. The summed E-state index contributed by atoms with van der Waals surface area (Å²) in [5, 5.41) is 23.3.